The van der Waals surface area contributed by atoms with Gasteiger partial charge in [0.25, 0.3) is 0 Å². The first-order valence-corrected chi connectivity index (χ1v) is 8.10. The Bertz CT molecular complexity index is 773. The predicted molar refractivity (Wildman–Crippen MR) is 89.2 cm³/mol. The number of ketones is 1. The third-order valence-electron chi connectivity index (χ3n) is 5.26. The maximum atomic E-state index is 13.4. The highest BCUT2D eigenvalue weighted by atomic mass is 16.5. The minimum atomic E-state index is -0.473. The van der Waals surface area contributed by atoms with Gasteiger partial charge in [0.1, 0.15) is 11.4 Å². The molecule has 1 saturated carbocycles. The molecular formula is C19H20N2O2. The maximum absolute atomic E-state index is 13.4. The summed E-state index contributed by atoms with van der Waals surface area (Å²) in [7, 11) is 1.67. The second-order valence-electron chi connectivity index (χ2n) is 6.31. The van der Waals surface area contributed by atoms with Crippen molar-refractivity contribution in [1.82, 2.24) is 4.98 Å². The third kappa shape index (κ3) is 1.90. The molecule has 0 amide bonds. The molecule has 2 atom stereocenters. The van der Waals surface area contributed by atoms with Crippen LogP contribution in [0.5, 0.6) is 5.75 Å². The number of hydrogen-bond acceptors (Lipinski definition) is 4. The molecule has 4 heteroatoms. The van der Waals surface area contributed by atoms with Crippen LogP contribution in [0.3, 0.4) is 0 Å². The van der Waals surface area contributed by atoms with Crippen molar-refractivity contribution >= 4 is 11.5 Å². The highest BCUT2D eigenvalue weighted by Gasteiger charge is 2.64. The Labute approximate surface area is 136 Å². The Morgan fingerprint density at radius 1 is 1.30 bits per heavy atom. The lowest BCUT2D eigenvalue weighted by Gasteiger charge is -2.22. The van der Waals surface area contributed by atoms with E-state index in [1.54, 1.807) is 13.3 Å². The molecule has 1 aromatic carbocycles. The van der Waals surface area contributed by atoms with Crippen LogP contribution < -0.4 is 9.64 Å². The van der Waals surface area contributed by atoms with E-state index >= 15 is 0 Å². The lowest BCUT2D eigenvalue weighted by molar-refractivity contribution is 0.0934. The number of para-hydroxylation sites is 1. The summed E-state index contributed by atoms with van der Waals surface area (Å²) in [5, 5.41) is 0. The number of pyridine rings is 1. The number of rotatable bonds is 3. The first-order chi connectivity index (χ1) is 11.2. The molecular weight excluding hydrogens is 288 g/mol. The largest absolute Gasteiger partial charge is 0.496 e. The number of Topliss-reactive ketones (excluding diaryl/α,β-unsaturated/α-hetero) is 1. The topological polar surface area (TPSA) is 42.4 Å². The molecule has 0 bridgehead atoms. The summed E-state index contributed by atoms with van der Waals surface area (Å²) in [6.07, 6.45) is 2.59. The van der Waals surface area contributed by atoms with E-state index in [-0.39, 0.29) is 5.78 Å². The second-order valence-corrected chi connectivity index (χ2v) is 6.31. The van der Waals surface area contributed by atoms with E-state index in [4.69, 9.17) is 4.74 Å². The standard InChI is InChI=1S/C19H20N2O2/c1-3-21-12-13-11-19(13,14-7-4-5-9-16(14)23-2)18(22)17-15(21)8-6-10-20-17/h4-10,13H,3,11-12H2,1-2H3/t13-,19-/m0/s1. The number of carbonyl (C=O) groups excluding carboxylic acids is 1. The highest BCUT2D eigenvalue weighted by Crippen LogP contribution is 2.60. The molecule has 0 unspecified atom stereocenters. The molecule has 23 heavy (non-hydrogen) atoms. The second kappa shape index (κ2) is 5.08. The Morgan fingerprint density at radius 3 is 2.91 bits per heavy atom. The van der Waals surface area contributed by atoms with E-state index < -0.39 is 5.41 Å². The smallest absolute Gasteiger partial charge is 0.194 e. The first-order valence-electron chi connectivity index (χ1n) is 8.10. The van der Waals surface area contributed by atoms with Gasteiger partial charge in [-0.2, -0.15) is 0 Å². The average Bonchev–Trinajstić information content (AvgIpc) is 3.34. The zero-order chi connectivity index (χ0) is 16.0. The van der Waals surface area contributed by atoms with Crippen LogP contribution in [0.25, 0.3) is 0 Å². The Hall–Kier alpha value is -2.36. The predicted octanol–water partition coefficient (Wildman–Crippen LogP) is 3.07. The number of benzene rings is 1. The minimum Gasteiger partial charge on any atom is -0.496 e. The van der Waals surface area contributed by atoms with Crippen molar-refractivity contribution in [2.75, 3.05) is 25.1 Å². The summed E-state index contributed by atoms with van der Waals surface area (Å²) < 4.78 is 5.53. The molecule has 1 aromatic heterocycles. The van der Waals surface area contributed by atoms with Crippen LogP contribution in [0.4, 0.5) is 5.69 Å². The fraction of sp³-hybridized carbons (Fsp3) is 0.368. The highest BCUT2D eigenvalue weighted by molar-refractivity contribution is 6.10. The van der Waals surface area contributed by atoms with E-state index in [0.29, 0.717) is 11.6 Å². The lowest BCUT2D eigenvalue weighted by atomic mass is 9.86. The van der Waals surface area contributed by atoms with Gasteiger partial charge in [-0.05, 0) is 37.5 Å². The Kier molecular flexibility index (Phi) is 3.15. The summed E-state index contributed by atoms with van der Waals surface area (Å²) in [6.45, 7) is 3.89. The fourth-order valence-electron chi connectivity index (χ4n) is 4.00. The zero-order valence-corrected chi connectivity index (χ0v) is 13.5. The van der Waals surface area contributed by atoms with E-state index in [1.165, 1.54) is 0 Å². The van der Waals surface area contributed by atoms with Crippen LogP contribution in [0.1, 0.15) is 29.4 Å². The van der Waals surface area contributed by atoms with E-state index in [0.717, 1.165) is 36.5 Å². The monoisotopic (exact) mass is 308 g/mol. The Morgan fingerprint density at radius 2 is 2.13 bits per heavy atom. The SMILES string of the molecule is CCN1C[C@@H]2C[C@]2(c2ccccc2OC)C(=O)c2ncccc21. The van der Waals surface area contributed by atoms with Crippen LogP contribution in [-0.2, 0) is 5.41 Å². The van der Waals surface area contributed by atoms with Crippen molar-refractivity contribution in [1.29, 1.82) is 0 Å². The zero-order valence-electron chi connectivity index (χ0n) is 13.5. The van der Waals surface area contributed by atoms with E-state index in [9.17, 15) is 4.79 Å². The number of fused-ring (bicyclic) bond motifs is 2. The van der Waals surface area contributed by atoms with Crippen LogP contribution in [-0.4, -0.2) is 31.0 Å². The number of carbonyl (C=O) groups is 1. The quantitative estimate of drug-likeness (QED) is 0.874. The lowest BCUT2D eigenvalue weighted by Crippen LogP contribution is -2.26. The molecule has 1 aliphatic heterocycles. The molecule has 2 heterocycles. The van der Waals surface area contributed by atoms with Crippen molar-refractivity contribution in [2.24, 2.45) is 5.92 Å². The summed E-state index contributed by atoms with van der Waals surface area (Å²) in [5.41, 5.74) is 2.09. The van der Waals surface area contributed by atoms with Crippen LogP contribution >= 0.6 is 0 Å². The van der Waals surface area contributed by atoms with Gasteiger partial charge in [-0.15, -0.1) is 0 Å². The molecule has 0 spiro atoms. The van der Waals surface area contributed by atoms with E-state index in [2.05, 4.69) is 16.8 Å². The molecule has 1 aliphatic carbocycles. The van der Waals surface area contributed by atoms with Crippen molar-refractivity contribution in [3.8, 4) is 5.75 Å². The van der Waals surface area contributed by atoms with Gasteiger partial charge in [-0.3, -0.25) is 9.78 Å². The summed E-state index contributed by atoms with van der Waals surface area (Å²) in [6, 6.07) is 11.8. The van der Waals surface area contributed by atoms with Crippen molar-refractivity contribution in [3.63, 3.8) is 0 Å². The summed E-state index contributed by atoms with van der Waals surface area (Å²) in [4.78, 5) is 20.1. The summed E-state index contributed by atoms with van der Waals surface area (Å²) in [5.74, 6) is 1.25. The van der Waals surface area contributed by atoms with Gasteiger partial charge in [0.15, 0.2) is 5.78 Å². The minimum absolute atomic E-state index is 0.138. The van der Waals surface area contributed by atoms with Crippen molar-refractivity contribution in [3.05, 3.63) is 53.9 Å². The maximum Gasteiger partial charge on any atom is 0.194 e. The first kappa shape index (κ1) is 14.2. The molecule has 4 rings (SSSR count). The Balaban J connectivity index is 1.89. The van der Waals surface area contributed by atoms with Gasteiger partial charge in [0, 0.05) is 24.8 Å². The molecule has 0 N–H and O–H groups in total. The fourth-order valence-corrected chi connectivity index (χ4v) is 4.00. The number of nitrogens with zero attached hydrogens (tertiary/aromatic N) is 2. The van der Waals surface area contributed by atoms with Gasteiger partial charge < -0.3 is 9.64 Å². The normalized spacial score (nSPS) is 25.4. The number of hydrogen-bond donors (Lipinski definition) is 0. The molecule has 118 valence electrons. The van der Waals surface area contributed by atoms with Gasteiger partial charge in [-0.1, -0.05) is 18.2 Å². The summed E-state index contributed by atoms with van der Waals surface area (Å²) >= 11 is 0. The molecule has 1 fully saturated rings. The van der Waals surface area contributed by atoms with Crippen molar-refractivity contribution in [2.45, 2.75) is 18.8 Å². The van der Waals surface area contributed by atoms with Gasteiger partial charge in [-0.25, -0.2) is 0 Å². The van der Waals surface area contributed by atoms with Crippen LogP contribution in [0, 0.1) is 5.92 Å². The third-order valence-corrected chi connectivity index (χ3v) is 5.26. The molecule has 4 nitrogen and oxygen atoms in total. The number of ether oxygens (including phenoxy) is 1. The van der Waals surface area contributed by atoms with Crippen molar-refractivity contribution < 1.29 is 9.53 Å². The number of methoxy groups -OCH3 is 1. The molecule has 0 saturated heterocycles. The van der Waals surface area contributed by atoms with E-state index in [1.807, 2.05) is 36.4 Å². The van der Waals surface area contributed by atoms with Gasteiger partial charge in [0.05, 0.1) is 18.2 Å². The number of aromatic nitrogens is 1. The molecule has 2 aromatic rings. The van der Waals surface area contributed by atoms with Gasteiger partial charge >= 0.3 is 0 Å². The molecule has 0 radical (unpaired) electrons. The van der Waals surface area contributed by atoms with Crippen LogP contribution in [0.2, 0.25) is 0 Å². The number of anilines is 1. The average molecular weight is 308 g/mol. The van der Waals surface area contributed by atoms with Crippen LogP contribution in [0.15, 0.2) is 42.6 Å². The van der Waals surface area contributed by atoms with Gasteiger partial charge in [0.2, 0.25) is 0 Å². The molecule has 2 aliphatic rings.